The molecular weight excluding hydrogens is 239 g/mol. The van der Waals surface area contributed by atoms with Crippen LogP contribution in [0.4, 0.5) is 0 Å². The molecule has 0 fully saturated rings. The van der Waals surface area contributed by atoms with Crippen molar-refractivity contribution in [2.75, 3.05) is 13.2 Å². The molecule has 0 aromatic rings. The molecule has 0 aliphatic rings. The summed E-state index contributed by atoms with van der Waals surface area (Å²) in [6.07, 6.45) is 4.57. The number of hydrogen-bond donors (Lipinski definition) is 0. The zero-order valence-corrected chi connectivity index (χ0v) is 10.4. The summed E-state index contributed by atoms with van der Waals surface area (Å²) in [4.78, 5) is 0. The highest BCUT2D eigenvalue weighted by Crippen LogP contribution is 2.46. The molecule has 0 aromatic heterocycles. The third-order valence-electron chi connectivity index (χ3n) is 1.38. The molecule has 0 aliphatic heterocycles. The minimum Gasteiger partial charge on any atom is -0.326 e. The summed E-state index contributed by atoms with van der Waals surface area (Å²) in [5.41, 5.74) is 0. The first-order chi connectivity index (χ1) is 5.81. The topological polar surface area (TPSA) is 18.5 Å². The molecule has 0 radical (unpaired) electrons. The maximum atomic E-state index is 5.39. The van der Waals surface area contributed by atoms with E-state index in [2.05, 4.69) is 29.3 Å². The van der Waals surface area contributed by atoms with Crippen LogP contribution in [0.1, 0.15) is 39.5 Å². The summed E-state index contributed by atoms with van der Waals surface area (Å²) in [7, 11) is -0.791. The van der Waals surface area contributed by atoms with E-state index in [0.717, 1.165) is 26.1 Å². The molecule has 0 atom stereocenters. The Bertz CT molecular complexity index is 83.1. The normalized spacial score (nSPS) is 11.0. The lowest BCUT2D eigenvalue weighted by atomic mass is 10.4. The second-order valence-corrected chi connectivity index (χ2v) is 5.26. The van der Waals surface area contributed by atoms with E-state index in [4.69, 9.17) is 9.05 Å². The van der Waals surface area contributed by atoms with E-state index in [1.807, 2.05) is 0 Å². The molecule has 0 aliphatic carbocycles. The van der Waals surface area contributed by atoms with E-state index in [9.17, 15) is 0 Å². The quantitative estimate of drug-likeness (QED) is 0.478. The molecule has 0 bridgehead atoms. The van der Waals surface area contributed by atoms with E-state index >= 15 is 0 Å². The summed E-state index contributed by atoms with van der Waals surface area (Å²) < 4.78 is 10.8. The van der Waals surface area contributed by atoms with Gasteiger partial charge in [-0.2, -0.15) is 0 Å². The first-order valence-corrected chi connectivity index (χ1v) is 7.72. The number of unbranched alkanes of at least 4 members (excludes halogenated alkanes) is 2. The van der Waals surface area contributed by atoms with Crippen LogP contribution in [0.5, 0.6) is 0 Å². The fraction of sp³-hybridized carbons (Fsp3) is 1.00. The molecule has 74 valence electrons. The molecule has 0 saturated carbocycles. The van der Waals surface area contributed by atoms with Gasteiger partial charge in [0.05, 0.1) is 13.2 Å². The monoisotopic (exact) mass is 256 g/mol. The van der Waals surface area contributed by atoms with E-state index in [1.54, 1.807) is 0 Å². The van der Waals surface area contributed by atoms with Crippen molar-refractivity contribution >= 4 is 22.6 Å². The van der Waals surface area contributed by atoms with Crippen LogP contribution in [-0.4, -0.2) is 13.2 Å². The van der Waals surface area contributed by atoms with Crippen molar-refractivity contribution in [2.45, 2.75) is 39.5 Å². The standard InChI is InChI=1S/C8H18BrO2P/c1-3-5-7-10-12(9)11-8-6-4-2/h3-8H2,1-2H3. The summed E-state index contributed by atoms with van der Waals surface area (Å²) in [5, 5.41) is 0. The Kier molecular flexibility index (Phi) is 10.6. The molecule has 12 heavy (non-hydrogen) atoms. The van der Waals surface area contributed by atoms with Crippen LogP contribution >= 0.6 is 22.6 Å². The molecule has 0 saturated heterocycles. The number of rotatable bonds is 8. The molecule has 2 nitrogen and oxygen atoms in total. The Labute approximate surface area is 84.7 Å². The third kappa shape index (κ3) is 8.92. The van der Waals surface area contributed by atoms with Crippen molar-refractivity contribution in [3.05, 3.63) is 0 Å². The van der Waals surface area contributed by atoms with Gasteiger partial charge in [0.2, 0.25) is 7.08 Å². The van der Waals surface area contributed by atoms with Crippen LogP contribution in [0, 0.1) is 0 Å². The van der Waals surface area contributed by atoms with Crippen molar-refractivity contribution < 1.29 is 9.05 Å². The van der Waals surface area contributed by atoms with Crippen LogP contribution < -0.4 is 0 Å². The first-order valence-electron chi connectivity index (χ1n) is 4.53. The van der Waals surface area contributed by atoms with Gasteiger partial charge in [0, 0.05) is 15.5 Å². The smallest absolute Gasteiger partial charge is 0.246 e. The number of halogens is 1. The largest absolute Gasteiger partial charge is 0.326 e. The Hall–Kier alpha value is 0.830. The van der Waals surface area contributed by atoms with Gasteiger partial charge in [-0.1, -0.05) is 26.7 Å². The van der Waals surface area contributed by atoms with Gasteiger partial charge in [0.25, 0.3) is 0 Å². The average molecular weight is 257 g/mol. The summed E-state index contributed by atoms with van der Waals surface area (Å²) in [5.74, 6) is 0. The van der Waals surface area contributed by atoms with Gasteiger partial charge in [-0.25, -0.2) is 0 Å². The number of hydrogen-bond acceptors (Lipinski definition) is 2. The van der Waals surface area contributed by atoms with Gasteiger partial charge in [-0.05, 0) is 12.8 Å². The van der Waals surface area contributed by atoms with E-state index in [-0.39, 0.29) is 0 Å². The lowest BCUT2D eigenvalue weighted by Gasteiger charge is -2.09. The second-order valence-electron chi connectivity index (χ2n) is 2.59. The summed E-state index contributed by atoms with van der Waals surface area (Å²) >= 11 is 3.36. The van der Waals surface area contributed by atoms with Gasteiger partial charge in [0.15, 0.2) is 0 Å². The van der Waals surface area contributed by atoms with Crippen molar-refractivity contribution in [1.29, 1.82) is 0 Å². The van der Waals surface area contributed by atoms with Crippen LogP contribution in [0.2, 0.25) is 0 Å². The fourth-order valence-electron chi connectivity index (χ4n) is 0.599. The van der Waals surface area contributed by atoms with E-state index in [0.29, 0.717) is 0 Å². The lowest BCUT2D eigenvalue weighted by molar-refractivity contribution is 0.256. The zero-order valence-electron chi connectivity index (χ0n) is 7.88. The lowest BCUT2D eigenvalue weighted by Crippen LogP contribution is -1.91. The van der Waals surface area contributed by atoms with E-state index < -0.39 is 7.08 Å². The Morgan fingerprint density at radius 1 is 1.00 bits per heavy atom. The molecule has 0 spiro atoms. The fourth-order valence-corrected chi connectivity index (χ4v) is 2.09. The van der Waals surface area contributed by atoms with Crippen LogP contribution in [0.3, 0.4) is 0 Å². The maximum Gasteiger partial charge on any atom is 0.246 e. The van der Waals surface area contributed by atoms with E-state index in [1.165, 1.54) is 12.8 Å². The molecule has 4 heteroatoms. The van der Waals surface area contributed by atoms with Gasteiger partial charge in [-0.15, -0.1) is 0 Å². The van der Waals surface area contributed by atoms with Crippen molar-refractivity contribution in [1.82, 2.24) is 0 Å². The Morgan fingerprint density at radius 2 is 1.42 bits per heavy atom. The third-order valence-corrected chi connectivity index (χ3v) is 3.38. The molecule has 0 N–H and O–H groups in total. The maximum absolute atomic E-state index is 5.39. The predicted molar refractivity (Wildman–Crippen MR) is 57.6 cm³/mol. The summed E-state index contributed by atoms with van der Waals surface area (Å²) in [6, 6.07) is 0. The van der Waals surface area contributed by atoms with Crippen molar-refractivity contribution in [3.63, 3.8) is 0 Å². The molecule has 0 rings (SSSR count). The highest BCUT2D eigenvalue weighted by molar-refractivity contribution is 9.38. The zero-order chi connectivity index (χ0) is 9.23. The van der Waals surface area contributed by atoms with Crippen molar-refractivity contribution in [3.8, 4) is 0 Å². The van der Waals surface area contributed by atoms with Gasteiger partial charge < -0.3 is 9.05 Å². The highest BCUT2D eigenvalue weighted by Gasteiger charge is 2.03. The van der Waals surface area contributed by atoms with Crippen LogP contribution in [-0.2, 0) is 9.05 Å². The minimum atomic E-state index is -0.791. The summed E-state index contributed by atoms with van der Waals surface area (Å²) in [6.45, 7) is 5.91. The predicted octanol–water partition coefficient (Wildman–Crippen LogP) is 4.24. The first kappa shape index (κ1) is 12.8. The molecule has 0 amide bonds. The second kappa shape index (κ2) is 9.91. The molecular formula is C8H18BrO2P. The Morgan fingerprint density at radius 3 is 1.75 bits per heavy atom. The van der Waals surface area contributed by atoms with Crippen LogP contribution in [0.25, 0.3) is 0 Å². The minimum absolute atomic E-state index is 0.791. The highest BCUT2D eigenvalue weighted by atomic mass is 79.9. The van der Waals surface area contributed by atoms with Gasteiger partial charge in [0.1, 0.15) is 0 Å². The Balaban J connectivity index is 3.04. The molecule has 0 unspecified atom stereocenters. The van der Waals surface area contributed by atoms with Crippen molar-refractivity contribution in [2.24, 2.45) is 0 Å². The average Bonchev–Trinajstić information content (AvgIpc) is 2.06. The SMILES string of the molecule is CCCCOP(Br)OCCCC. The van der Waals surface area contributed by atoms with Crippen LogP contribution in [0.15, 0.2) is 0 Å². The van der Waals surface area contributed by atoms with Gasteiger partial charge in [-0.3, -0.25) is 0 Å². The van der Waals surface area contributed by atoms with Gasteiger partial charge >= 0.3 is 0 Å². The molecule has 0 aromatic carbocycles. The molecule has 0 heterocycles.